The van der Waals surface area contributed by atoms with Gasteiger partial charge in [0.2, 0.25) is 0 Å². The maximum Gasteiger partial charge on any atom is 0.170 e. The summed E-state index contributed by atoms with van der Waals surface area (Å²) in [6, 6.07) is 1.13. The predicted molar refractivity (Wildman–Crippen MR) is 86.5 cm³/mol. The van der Waals surface area contributed by atoms with Crippen LogP contribution in [-0.4, -0.2) is 55.6 Å². The van der Waals surface area contributed by atoms with Crippen molar-refractivity contribution >= 4 is 0 Å². The first kappa shape index (κ1) is 17.2. The van der Waals surface area contributed by atoms with E-state index in [0.29, 0.717) is 12.1 Å². The summed E-state index contributed by atoms with van der Waals surface area (Å²) in [5.41, 5.74) is 0. The molecule has 4 nitrogen and oxygen atoms in total. The molecule has 1 saturated heterocycles. The fraction of sp³-hybridized carbons (Fsp3) is 1.00. The minimum Gasteiger partial charge on any atom is -0.347 e. The average molecular weight is 298 g/mol. The zero-order valence-electron chi connectivity index (χ0n) is 14.2. The predicted octanol–water partition coefficient (Wildman–Crippen LogP) is 2.77. The SMILES string of the molecule is CCCNC1CCC2(CC1N(CCC)CCC)OCCO2. The Morgan fingerprint density at radius 1 is 1.05 bits per heavy atom. The Morgan fingerprint density at radius 3 is 2.29 bits per heavy atom. The molecule has 2 unspecified atom stereocenters. The van der Waals surface area contributed by atoms with Crippen molar-refractivity contribution in [3.05, 3.63) is 0 Å². The minimum absolute atomic E-state index is 0.283. The van der Waals surface area contributed by atoms with Gasteiger partial charge in [0, 0.05) is 24.9 Å². The van der Waals surface area contributed by atoms with Crippen LogP contribution in [0.25, 0.3) is 0 Å². The van der Waals surface area contributed by atoms with Gasteiger partial charge < -0.3 is 14.8 Å². The second kappa shape index (κ2) is 8.47. The fourth-order valence-corrected chi connectivity index (χ4v) is 3.86. The summed E-state index contributed by atoms with van der Waals surface area (Å²) < 4.78 is 12.0. The first-order chi connectivity index (χ1) is 10.2. The number of ether oxygens (including phenoxy) is 2. The third-order valence-electron chi connectivity index (χ3n) is 4.78. The molecule has 21 heavy (non-hydrogen) atoms. The van der Waals surface area contributed by atoms with Gasteiger partial charge in [-0.1, -0.05) is 20.8 Å². The molecule has 2 fully saturated rings. The Kier molecular flexibility index (Phi) is 6.93. The van der Waals surface area contributed by atoms with Crippen molar-refractivity contribution < 1.29 is 9.47 Å². The number of nitrogens with one attached hydrogen (secondary N) is 1. The second-order valence-electron chi connectivity index (χ2n) is 6.51. The first-order valence-corrected chi connectivity index (χ1v) is 9.00. The summed E-state index contributed by atoms with van der Waals surface area (Å²) in [4.78, 5) is 2.67. The quantitative estimate of drug-likeness (QED) is 0.747. The monoisotopic (exact) mass is 298 g/mol. The number of rotatable bonds is 8. The van der Waals surface area contributed by atoms with Crippen molar-refractivity contribution in [2.45, 2.75) is 77.2 Å². The topological polar surface area (TPSA) is 33.7 Å². The lowest BCUT2D eigenvalue weighted by atomic mass is 9.84. The Morgan fingerprint density at radius 2 is 1.71 bits per heavy atom. The van der Waals surface area contributed by atoms with Crippen molar-refractivity contribution in [3.8, 4) is 0 Å². The second-order valence-corrected chi connectivity index (χ2v) is 6.51. The van der Waals surface area contributed by atoms with Crippen molar-refractivity contribution in [2.24, 2.45) is 0 Å². The van der Waals surface area contributed by atoms with Crippen LogP contribution in [0.5, 0.6) is 0 Å². The van der Waals surface area contributed by atoms with E-state index in [-0.39, 0.29) is 5.79 Å². The van der Waals surface area contributed by atoms with Gasteiger partial charge in [-0.05, 0) is 45.3 Å². The normalized spacial score (nSPS) is 28.6. The maximum absolute atomic E-state index is 5.99. The van der Waals surface area contributed by atoms with Crippen LogP contribution in [0.4, 0.5) is 0 Å². The lowest BCUT2D eigenvalue weighted by Crippen LogP contribution is -2.58. The van der Waals surface area contributed by atoms with E-state index in [9.17, 15) is 0 Å². The molecular formula is C17H34N2O2. The molecule has 2 rings (SSSR count). The zero-order valence-corrected chi connectivity index (χ0v) is 14.2. The van der Waals surface area contributed by atoms with E-state index in [1.807, 2.05) is 0 Å². The van der Waals surface area contributed by atoms with Gasteiger partial charge in [0.05, 0.1) is 13.2 Å². The van der Waals surface area contributed by atoms with Gasteiger partial charge in [0.15, 0.2) is 5.79 Å². The first-order valence-electron chi connectivity index (χ1n) is 9.00. The van der Waals surface area contributed by atoms with E-state index in [4.69, 9.17) is 9.47 Å². The molecule has 0 aromatic heterocycles. The highest BCUT2D eigenvalue weighted by molar-refractivity contribution is 4.96. The molecule has 0 aromatic rings. The van der Waals surface area contributed by atoms with Crippen LogP contribution in [0.2, 0.25) is 0 Å². The number of hydrogen-bond acceptors (Lipinski definition) is 4. The lowest BCUT2D eigenvalue weighted by Gasteiger charge is -2.46. The molecule has 1 saturated carbocycles. The van der Waals surface area contributed by atoms with E-state index in [2.05, 4.69) is 31.0 Å². The number of hydrogen-bond donors (Lipinski definition) is 1. The summed E-state index contributed by atoms with van der Waals surface area (Å²) in [6.45, 7) is 11.8. The van der Waals surface area contributed by atoms with Crippen LogP contribution in [-0.2, 0) is 9.47 Å². The molecule has 1 heterocycles. The van der Waals surface area contributed by atoms with Crippen LogP contribution in [0.15, 0.2) is 0 Å². The van der Waals surface area contributed by atoms with Crippen LogP contribution >= 0.6 is 0 Å². The molecule has 1 aliphatic carbocycles. The summed E-state index contributed by atoms with van der Waals surface area (Å²) in [7, 11) is 0. The molecule has 1 N–H and O–H groups in total. The fourth-order valence-electron chi connectivity index (χ4n) is 3.86. The standard InChI is InChI=1S/C17H34N2O2/c1-4-9-18-15-7-8-17(20-12-13-21-17)14-16(15)19(10-5-2)11-6-3/h15-16,18H,4-14H2,1-3H3. The van der Waals surface area contributed by atoms with E-state index < -0.39 is 0 Å². The third kappa shape index (κ3) is 4.41. The molecule has 0 aromatic carbocycles. The Hall–Kier alpha value is -0.160. The molecule has 2 aliphatic rings. The molecular weight excluding hydrogens is 264 g/mol. The summed E-state index contributed by atoms with van der Waals surface area (Å²) in [6.07, 6.45) is 6.85. The third-order valence-corrected chi connectivity index (χ3v) is 4.78. The van der Waals surface area contributed by atoms with Crippen molar-refractivity contribution in [2.75, 3.05) is 32.8 Å². The van der Waals surface area contributed by atoms with Crippen LogP contribution in [0.1, 0.15) is 59.3 Å². The lowest BCUT2D eigenvalue weighted by molar-refractivity contribution is -0.193. The molecule has 0 amide bonds. The highest BCUT2D eigenvalue weighted by atomic mass is 16.7. The van der Waals surface area contributed by atoms with Gasteiger partial charge in [-0.2, -0.15) is 0 Å². The van der Waals surface area contributed by atoms with E-state index in [0.717, 1.165) is 39.0 Å². The summed E-state index contributed by atoms with van der Waals surface area (Å²) in [5.74, 6) is -0.283. The molecule has 0 bridgehead atoms. The largest absolute Gasteiger partial charge is 0.347 e. The van der Waals surface area contributed by atoms with Crippen LogP contribution in [0.3, 0.4) is 0 Å². The highest BCUT2D eigenvalue weighted by Crippen LogP contribution is 2.38. The van der Waals surface area contributed by atoms with Gasteiger partial charge in [-0.15, -0.1) is 0 Å². The van der Waals surface area contributed by atoms with E-state index >= 15 is 0 Å². The van der Waals surface area contributed by atoms with E-state index in [1.54, 1.807) is 0 Å². The smallest absolute Gasteiger partial charge is 0.170 e. The van der Waals surface area contributed by atoms with Crippen molar-refractivity contribution in [1.29, 1.82) is 0 Å². The summed E-state index contributed by atoms with van der Waals surface area (Å²) in [5, 5.41) is 3.77. The average Bonchev–Trinajstić information content (AvgIpc) is 2.94. The van der Waals surface area contributed by atoms with Crippen LogP contribution in [0, 0.1) is 0 Å². The van der Waals surface area contributed by atoms with Gasteiger partial charge in [0.1, 0.15) is 0 Å². The van der Waals surface area contributed by atoms with Gasteiger partial charge in [-0.25, -0.2) is 0 Å². The van der Waals surface area contributed by atoms with Crippen molar-refractivity contribution in [1.82, 2.24) is 10.2 Å². The molecule has 1 aliphatic heterocycles. The molecule has 2 atom stereocenters. The molecule has 124 valence electrons. The number of nitrogens with zero attached hydrogens (tertiary/aromatic N) is 1. The van der Waals surface area contributed by atoms with Gasteiger partial charge >= 0.3 is 0 Å². The maximum atomic E-state index is 5.99. The van der Waals surface area contributed by atoms with E-state index in [1.165, 1.54) is 32.4 Å². The van der Waals surface area contributed by atoms with Crippen molar-refractivity contribution in [3.63, 3.8) is 0 Å². The Balaban J connectivity index is 2.06. The zero-order chi connectivity index (χ0) is 15.1. The minimum atomic E-state index is -0.283. The Bertz CT molecular complexity index is 287. The van der Waals surface area contributed by atoms with Gasteiger partial charge in [-0.3, -0.25) is 4.90 Å². The molecule has 1 spiro atoms. The van der Waals surface area contributed by atoms with Crippen LogP contribution < -0.4 is 5.32 Å². The molecule has 4 heteroatoms. The van der Waals surface area contributed by atoms with Gasteiger partial charge in [0.25, 0.3) is 0 Å². The Labute approximate surface area is 130 Å². The highest BCUT2D eigenvalue weighted by Gasteiger charge is 2.46. The summed E-state index contributed by atoms with van der Waals surface area (Å²) >= 11 is 0. The molecule has 0 radical (unpaired) electrons.